The van der Waals surface area contributed by atoms with Gasteiger partial charge in [0.25, 0.3) is 5.56 Å². The van der Waals surface area contributed by atoms with Crippen LogP contribution in [0.1, 0.15) is 23.6 Å². The van der Waals surface area contributed by atoms with E-state index in [2.05, 4.69) is 5.32 Å². The zero-order valence-electron chi connectivity index (χ0n) is 12.4. The molecular weight excluding hydrogens is 293 g/mol. The number of aryl methyl sites for hydroxylation is 2. The van der Waals surface area contributed by atoms with Crippen LogP contribution in [0.25, 0.3) is 0 Å². The molecule has 0 aliphatic carbocycles. The largest absolute Gasteiger partial charge is 0.416 e. The zero-order chi connectivity index (χ0) is 16.3. The Balaban J connectivity index is 2.16. The molecule has 2 aromatic rings. The van der Waals surface area contributed by atoms with Crippen molar-refractivity contribution in [3.05, 3.63) is 63.6 Å². The second kappa shape index (κ2) is 6.25. The first-order chi connectivity index (χ1) is 10.3. The van der Waals surface area contributed by atoms with Crippen molar-refractivity contribution in [3.8, 4) is 0 Å². The van der Waals surface area contributed by atoms with Crippen LogP contribution in [-0.4, -0.2) is 4.57 Å². The lowest BCUT2D eigenvalue weighted by atomic mass is 10.0. The summed E-state index contributed by atoms with van der Waals surface area (Å²) in [6.07, 6.45) is -2.65. The van der Waals surface area contributed by atoms with E-state index < -0.39 is 11.7 Å². The van der Waals surface area contributed by atoms with Crippen molar-refractivity contribution in [2.75, 3.05) is 5.32 Å². The molecule has 1 N–H and O–H groups in total. The molecule has 2 rings (SSSR count). The topological polar surface area (TPSA) is 34.0 Å². The zero-order valence-corrected chi connectivity index (χ0v) is 12.4. The van der Waals surface area contributed by atoms with Crippen LogP contribution in [0.2, 0.25) is 0 Å². The third-order valence-corrected chi connectivity index (χ3v) is 3.44. The molecule has 1 heterocycles. The van der Waals surface area contributed by atoms with Crippen molar-refractivity contribution >= 4 is 5.69 Å². The summed E-state index contributed by atoms with van der Waals surface area (Å²) >= 11 is 0. The van der Waals surface area contributed by atoms with E-state index in [4.69, 9.17) is 0 Å². The van der Waals surface area contributed by atoms with Crippen LogP contribution in [0, 0.1) is 6.92 Å². The minimum absolute atomic E-state index is 0.145. The molecule has 1 aromatic carbocycles. The van der Waals surface area contributed by atoms with Gasteiger partial charge in [-0.05, 0) is 43.2 Å². The highest BCUT2D eigenvalue weighted by Crippen LogP contribution is 2.32. The lowest BCUT2D eigenvalue weighted by Gasteiger charge is -2.13. The normalized spacial score (nSPS) is 11.5. The first-order valence-corrected chi connectivity index (χ1v) is 6.93. The highest BCUT2D eigenvalue weighted by Gasteiger charge is 2.32. The number of nitrogens with one attached hydrogen (secondary N) is 1. The number of halogens is 3. The molecule has 0 radical (unpaired) electrons. The third-order valence-electron chi connectivity index (χ3n) is 3.44. The number of hydrogen-bond donors (Lipinski definition) is 1. The fourth-order valence-corrected chi connectivity index (χ4v) is 2.27. The molecule has 0 spiro atoms. The lowest BCUT2D eigenvalue weighted by Crippen LogP contribution is -2.22. The quantitative estimate of drug-likeness (QED) is 0.932. The van der Waals surface area contributed by atoms with Crippen LogP contribution in [0.3, 0.4) is 0 Å². The summed E-state index contributed by atoms with van der Waals surface area (Å²) in [6.45, 7) is 4.15. The summed E-state index contributed by atoms with van der Waals surface area (Å²) in [5.41, 5.74) is 0.516. The van der Waals surface area contributed by atoms with Gasteiger partial charge in [-0.25, -0.2) is 0 Å². The Morgan fingerprint density at radius 3 is 2.55 bits per heavy atom. The fourth-order valence-electron chi connectivity index (χ4n) is 2.27. The van der Waals surface area contributed by atoms with Gasteiger partial charge < -0.3 is 9.88 Å². The summed E-state index contributed by atoms with van der Waals surface area (Å²) in [5, 5.41) is 2.97. The Labute approximate surface area is 126 Å². The summed E-state index contributed by atoms with van der Waals surface area (Å²) in [7, 11) is 0. The average molecular weight is 310 g/mol. The molecule has 6 heteroatoms. The molecule has 0 saturated carbocycles. The third kappa shape index (κ3) is 3.50. The summed E-state index contributed by atoms with van der Waals surface area (Å²) in [5.74, 6) is 0. The van der Waals surface area contributed by atoms with Gasteiger partial charge in [0.05, 0.1) is 5.56 Å². The maximum Gasteiger partial charge on any atom is 0.416 e. The Morgan fingerprint density at radius 2 is 1.95 bits per heavy atom. The number of nitrogens with zero attached hydrogens (tertiary/aromatic N) is 1. The second-order valence-electron chi connectivity index (χ2n) is 5.01. The molecule has 0 aliphatic rings. The maximum atomic E-state index is 12.7. The van der Waals surface area contributed by atoms with E-state index in [1.807, 2.05) is 6.92 Å². The molecule has 0 unspecified atom stereocenters. The van der Waals surface area contributed by atoms with Gasteiger partial charge in [0.2, 0.25) is 0 Å². The number of rotatable bonds is 4. The number of alkyl halides is 3. The Morgan fingerprint density at radius 1 is 1.23 bits per heavy atom. The lowest BCUT2D eigenvalue weighted by molar-refractivity contribution is -0.138. The highest BCUT2D eigenvalue weighted by atomic mass is 19.4. The molecule has 118 valence electrons. The van der Waals surface area contributed by atoms with Crippen molar-refractivity contribution in [2.24, 2.45) is 0 Å². The molecule has 0 amide bonds. The smallest absolute Gasteiger partial charge is 0.377 e. The molecule has 0 aliphatic heterocycles. The molecule has 1 aromatic heterocycles. The van der Waals surface area contributed by atoms with Gasteiger partial charge in [0.1, 0.15) is 5.69 Å². The van der Waals surface area contributed by atoms with E-state index in [0.717, 1.165) is 6.07 Å². The average Bonchev–Trinajstić information content (AvgIpc) is 2.45. The molecule has 0 bridgehead atoms. The maximum absolute atomic E-state index is 12.7. The molecule has 22 heavy (non-hydrogen) atoms. The van der Waals surface area contributed by atoms with E-state index in [-0.39, 0.29) is 11.1 Å². The van der Waals surface area contributed by atoms with Gasteiger partial charge in [0.15, 0.2) is 0 Å². The van der Waals surface area contributed by atoms with Crippen LogP contribution in [0.5, 0.6) is 0 Å². The van der Waals surface area contributed by atoms with Crippen molar-refractivity contribution in [1.82, 2.24) is 4.57 Å². The van der Waals surface area contributed by atoms with Gasteiger partial charge in [0, 0.05) is 19.3 Å². The van der Waals surface area contributed by atoms with Crippen molar-refractivity contribution in [1.29, 1.82) is 0 Å². The molecule has 0 atom stereocenters. The van der Waals surface area contributed by atoms with Gasteiger partial charge in [-0.2, -0.15) is 13.2 Å². The van der Waals surface area contributed by atoms with Crippen LogP contribution in [0.15, 0.2) is 41.3 Å². The van der Waals surface area contributed by atoms with E-state index in [9.17, 15) is 18.0 Å². The molecule has 3 nitrogen and oxygen atoms in total. The predicted octanol–water partition coefficient (Wildman–Crippen LogP) is 3.81. The number of benzene rings is 1. The van der Waals surface area contributed by atoms with Crippen LogP contribution >= 0.6 is 0 Å². The van der Waals surface area contributed by atoms with Crippen LogP contribution in [0.4, 0.5) is 18.9 Å². The Kier molecular flexibility index (Phi) is 4.59. The summed E-state index contributed by atoms with van der Waals surface area (Å²) in [6, 6.07) is 7.39. The molecule has 0 saturated heterocycles. The molecule has 0 fully saturated rings. The van der Waals surface area contributed by atoms with Crippen molar-refractivity contribution < 1.29 is 13.2 Å². The summed E-state index contributed by atoms with van der Waals surface area (Å²) in [4.78, 5) is 12.0. The molecular formula is C16H17F3N2O. The number of hydrogen-bond acceptors (Lipinski definition) is 2. The highest BCUT2D eigenvalue weighted by molar-refractivity contribution is 5.42. The van der Waals surface area contributed by atoms with Crippen molar-refractivity contribution in [3.63, 3.8) is 0 Å². The van der Waals surface area contributed by atoms with E-state index in [1.54, 1.807) is 22.9 Å². The van der Waals surface area contributed by atoms with E-state index in [1.165, 1.54) is 19.1 Å². The van der Waals surface area contributed by atoms with E-state index >= 15 is 0 Å². The predicted molar refractivity (Wildman–Crippen MR) is 79.9 cm³/mol. The Bertz CT molecular complexity index is 720. The van der Waals surface area contributed by atoms with Gasteiger partial charge in [-0.1, -0.05) is 12.1 Å². The standard InChI is InChI=1S/C16H17F3N2O/c1-3-21-8-4-5-14(15(21)22)20-10-12-6-7-13(11(2)9-12)16(17,18)19/h4-9,20H,3,10H2,1-2H3. The summed E-state index contributed by atoms with van der Waals surface area (Å²) < 4.78 is 39.7. The van der Waals surface area contributed by atoms with Crippen LogP contribution < -0.4 is 10.9 Å². The number of pyridine rings is 1. The first-order valence-electron chi connectivity index (χ1n) is 6.93. The minimum atomic E-state index is -4.34. The number of aromatic nitrogens is 1. The van der Waals surface area contributed by atoms with Crippen molar-refractivity contribution in [2.45, 2.75) is 33.1 Å². The second-order valence-corrected chi connectivity index (χ2v) is 5.01. The number of anilines is 1. The fraction of sp³-hybridized carbons (Fsp3) is 0.312. The van der Waals surface area contributed by atoms with Crippen LogP contribution in [-0.2, 0) is 19.3 Å². The Hall–Kier alpha value is -2.24. The monoisotopic (exact) mass is 310 g/mol. The van der Waals surface area contributed by atoms with E-state index in [0.29, 0.717) is 24.3 Å². The first kappa shape index (κ1) is 16.1. The SMILES string of the molecule is CCn1cccc(NCc2ccc(C(F)(F)F)c(C)c2)c1=O. The van der Waals surface area contributed by atoms with Gasteiger partial charge in [-0.3, -0.25) is 4.79 Å². The minimum Gasteiger partial charge on any atom is -0.377 e. The van der Waals surface area contributed by atoms with Gasteiger partial charge in [-0.15, -0.1) is 0 Å². The van der Waals surface area contributed by atoms with Gasteiger partial charge >= 0.3 is 6.18 Å².